The van der Waals surface area contributed by atoms with E-state index in [4.69, 9.17) is 0 Å². The summed E-state index contributed by atoms with van der Waals surface area (Å²) in [7, 11) is 0. The topological polar surface area (TPSA) is 47.6 Å². The Labute approximate surface area is 133 Å². The molecule has 1 aromatic carbocycles. The van der Waals surface area contributed by atoms with E-state index in [2.05, 4.69) is 30.9 Å². The minimum absolute atomic E-state index is 0.0131. The van der Waals surface area contributed by atoms with Crippen molar-refractivity contribution in [3.05, 3.63) is 60.2 Å². The summed E-state index contributed by atoms with van der Waals surface area (Å²) in [6.07, 6.45) is 7.83. The standard InChI is InChI=1S/C20H22N2/c1-16(2)13-19(17-9-5-3-6-10-17)20(14-21,15-22)18-11-7-4-8-12-18/h3,5-7,9-11,18-19H,1,4,8,12-13H2,2H3. The Balaban J connectivity index is 2.52. The van der Waals surface area contributed by atoms with Crippen molar-refractivity contribution < 1.29 is 0 Å². The summed E-state index contributed by atoms with van der Waals surface area (Å²) in [5, 5.41) is 19.9. The van der Waals surface area contributed by atoms with Crippen LogP contribution in [0.15, 0.2) is 54.6 Å². The third-order valence-corrected chi connectivity index (χ3v) is 4.51. The van der Waals surface area contributed by atoms with E-state index in [0.29, 0.717) is 6.42 Å². The van der Waals surface area contributed by atoms with Crippen molar-refractivity contribution in [3.8, 4) is 12.1 Å². The number of allylic oxidation sites excluding steroid dienone is 3. The van der Waals surface area contributed by atoms with Gasteiger partial charge in [0, 0.05) is 11.8 Å². The number of rotatable bonds is 5. The first-order valence-electron chi connectivity index (χ1n) is 7.82. The molecule has 0 saturated heterocycles. The van der Waals surface area contributed by atoms with Crippen LogP contribution in [0.25, 0.3) is 0 Å². The SMILES string of the molecule is C=C(C)CC(c1ccccc1)C(C#N)(C#N)C1C=CCCC1. The fourth-order valence-electron chi connectivity index (χ4n) is 3.37. The third-order valence-electron chi connectivity index (χ3n) is 4.51. The van der Waals surface area contributed by atoms with E-state index >= 15 is 0 Å². The van der Waals surface area contributed by atoms with Crippen molar-refractivity contribution in [2.24, 2.45) is 11.3 Å². The van der Waals surface area contributed by atoms with E-state index in [-0.39, 0.29) is 11.8 Å². The van der Waals surface area contributed by atoms with Crippen LogP contribution in [0.5, 0.6) is 0 Å². The molecule has 22 heavy (non-hydrogen) atoms. The van der Waals surface area contributed by atoms with Crippen LogP contribution in [-0.2, 0) is 0 Å². The lowest BCUT2D eigenvalue weighted by Gasteiger charge is -2.36. The van der Waals surface area contributed by atoms with Crippen molar-refractivity contribution >= 4 is 0 Å². The highest BCUT2D eigenvalue weighted by Crippen LogP contribution is 2.48. The second-order valence-electron chi connectivity index (χ2n) is 6.18. The van der Waals surface area contributed by atoms with Gasteiger partial charge in [-0.3, -0.25) is 0 Å². The molecule has 0 radical (unpaired) electrons. The fourth-order valence-corrected chi connectivity index (χ4v) is 3.37. The Morgan fingerprint density at radius 3 is 2.50 bits per heavy atom. The smallest absolute Gasteiger partial charge is 0.157 e. The average molecular weight is 290 g/mol. The first-order chi connectivity index (χ1) is 10.6. The van der Waals surface area contributed by atoms with Gasteiger partial charge in [-0.15, -0.1) is 6.58 Å². The molecule has 1 aliphatic carbocycles. The van der Waals surface area contributed by atoms with Crippen molar-refractivity contribution in [1.82, 2.24) is 0 Å². The predicted octanol–water partition coefficient (Wildman–Crippen LogP) is 5.13. The van der Waals surface area contributed by atoms with Crippen LogP contribution in [-0.4, -0.2) is 0 Å². The number of hydrogen-bond donors (Lipinski definition) is 0. The lowest BCUT2D eigenvalue weighted by atomic mass is 9.62. The Bertz CT molecular complexity index is 614. The molecule has 2 atom stereocenters. The Morgan fingerprint density at radius 1 is 1.32 bits per heavy atom. The van der Waals surface area contributed by atoms with Gasteiger partial charge in [0.2, 0.25) is 0 Å². The zero-order valence-corrected chi connectivity index (χ0v) is 13.1. The molecule has 2 unspecified atom stereocenters. The van der Waals surface area contributed by atoms with Crippen LogP contribution in [0.1, 0.15) is 44.1 Å². The molecule has 1 aliphatic rings. The van der Waals surface area contributed by atoms with Gasteiger partial charge in [-0.2, -0.15) is 10.5 Å². The molecule has 2 heteroatoms. The van der Waals surface area contributed by atoms with Gasteiger partial charge in [0.05, 0.1) is 12.1 Å². The van der Waals surface area contributed by atoms with Gasteiger partial charge in [0.1, 0.15) is 0 Å². The minimum Gasteiger partial charge on any atom is -0.197 e. The molecule has 112 valence electrons. The fraction of sp³-hybridized carbons (Fsp3) is 0.400. The highest BCUT2D eigenvalue weighted by Gasteiger charge is 2.46. The van der Waals surface area contributed by atoms with E-state index in [9.17, 15) is 10.5 Å². The summed E-state index contributed by atoms with van der Waals surface area (Å²) in [6, 6.07) is 14.7. The van der Waals surface area contributed by atoms with Crippen LogP contribution in [0.2, 0.25) is 0 Å². The molecule has 0 N–H and O–H groups in total. The maximum Gasteiger partial charge on any atom is 0.157 e. The molecule has 0 amide bonds. The van der Waals surface area contributed by atoms with Gasteiger partial charge in [-0.25, -0.2) is 0 Å². The van der Waals surface area contributed by atoms with E-state index in [0.717, 1.165) is 30.4 Å². The molecule has 0 saturated carbocycles. The molecule has 0 aliphatic heterocycles. The van der Waals surface area contributed by atoms with Gasteiger partial charge in [0.15, 0.2) is 5.41 Å². The Hall–Kier alpha value is -2.32. The second-order valence-corrected chi connectivity index (χ2v) is 6.18. The monoisotopic (exact) mass is 290 g/mol. The molecular weight excluding hydrogens is 268 g/mol. The van der Waals surface area contributed by atoms with Crippen molar-refractivity contribution in [3.63, 3.8) is 0 Å². The van der Waals surface area contributed by atoms with Gasteiger partial charge in [-0.1, -0.05) is 48.1 Å². The first-order valence-corrected chi connectivity index (χ1v) is 7.82. The molecule has 0 spiro atoms. The van der Waals surface area contributed by atoms with Gasteiger partial charge in [-0.05, 0) is 38.2 Å². The quantitative estimate of drug-likeness (QED) is 0.706. The third kappa shape index (κ3) is 3.12. The molecule has 0 aromatic heterocycles. The van der Waals surface area contributed by atoms with Crippen molar-refractivity contribution in [2.75, 3.05) is 0 Å². The number of benzene rings is 1. The summed E-state index contributed by atoms with van der Waals surface area (Å²) in [5.74, 6) is -0.158. The molecule has 0 bridgehead atoms. The van der Waals surface area contributed by atoms with Gasteiger partial charge >= 0.3 is 0 Å². The summed E-state index contributed by atoms with van der Waals surface area (Å²) in [6.45, 7) is 5.98. The summed E-state index contributed by atoms with van der Waals surface area (Å²) in [4.78, 5) is 0. The van der Waals surface area contributed by atoms with E-state index in [1.54, 1.807) is 0 Å². The number of nitriles is 2. The van der Waals surface area contributed by atoms with Gasteiger partial charge < -0.3 is 0 Å². The molecule has 1 aromatic rings. The van der Waals surface area contributed by atoms with Crippen LogP contribution in [0.3, 0.4) is 0 Å². The van der Waals surface area contributed by atoms with E-state index in [1.165, 1.54) is 0 Å². The maximum absolute atomic E-state index is 9.94. The average Bonchev–Trinajstić information content (AvgIpc) is 2.57. The normalized spacial score (nSPS) is 19.0. The zero-order valence-electron chi connectivity index (χ0n) is 13.1. The maximum atomic E-state index is 9.94. The van der Waals surface area contributed by atoms with Crippen molar-refractivity contribution in [2.45, 2.75) is 38.5 Å². The second kappa shape index (κ2) is 7.10. The lowest BCUT2D eigenvalue weighted by Crippen LogP contribution is -2.34. The van der Waals surface area contributed by atoms with E-state index in [1.807, 2.05) is 37.3 Å². The summed E-state index contributed by atoms with van der Waals surface area (Å²) in [5.41, 5.74) is 1.02. The Kier molecular flexibility index (Phi) is 5.18. The molecular formula is C20H22N2. The zero-order chi connectivity index (χ0) is 16.0. The van der Waals surface area contributed by atoms with Gasteiger partial charge in [0.25, 0.3) is 0 Å². The summed E-state index contributed by atoms with van der Waals surface area (Å²) < 4.78 is 0. The highest BCUT2D eigenvalue weighted by atomic mass is 14.5. The number of hydrogen-bond acceptors (Lipinski definition) is 2. The van der Waals surface area contributed by atoms with Crippen LogP contribution in [0.4, 0.5) is 0 Å². The largest absolute Gasteiger partial charge is 0.197 e. The number of nitrogens with zero attached hydrogens (tertiary/aromatic N) is 2. The Morgan fingerprint density at radius 2 is 2.00 bits per heavy atom. The molecule has 0 heterocycles. The molecule has 2 rings (SSSR count). The van der Waals surface area contributed by atoms with E-state index < -0.39 is 5.41 Å². The van der Waals surface area contributed by atoms with Crippen LogP contribution in [0, 0.1) is 34.0 Å². The minimum atomic E-state index is -1.03. The van der Waals surface area contributed by atoms with Crippen molar-refractivity contribution in [1.29, 1.82) is 10.5 Å². The summed E-state index contributed by atoms with van der Waals surface area (Å²) >= 11 is 0. The highest BCUT2D eigenvalue weighted by molar-refractivity contribution is 5.35. The van der Waals surface area contributed by atoms with Crippen LogP contribution < -0.4 is 0 Å². The van der Waals surface area contributed by atoms with Crippen LogP contribution >= 0.6 is 0 Å². The molecule has 2 nitrogen and oxygen atoms in total. The first kappa shape index (κ1) is 16.1. The lowest BCUT2D eigenvalue weighted by molar-refractivity contribution is 0.282. The predicted molar refractivity (Wildman–Crippen MR) is 88.8 cm³/mol. The molecule has 0 fully saturated rings.